The maximum absolute atomic E-state index is 10.2. The zero-order chi connectivity index (χ0) is 13.4. The summed E-state index contributed by atoms with van der Waals surface area (Å²) in [5.74, 6) is 0.960. The number of hydrogen-bond donors (Lipinski definition) is 1. The Hall–Kier alpha value is -1.26. The topological polar surface area (TPSA) is 47.9 Å². The van der Waals surface area contributed by atoms with Gasteiger partial charge in [0.1, 0.15) is 11.5 Å². The van der Waals surface area contributed by atoms with E-state index in [1.54, 1.807) is 14.2 Å². The van der Waals surface area contributed by atoms with Crippen LogP contribution in [0.5, 0.6) is 11.5 Å². The molecule has 18 heavy (non-hydrogen) atoms. The van der Waals surface area contributed by atoms with Crippen LogP contribution in [0.1, 0.15) is 35.5 Å². The highest BCUT2D eigenvalue weighted by atomic mass is 16.7. The Labute approximate surface area is 107 Å². The predicted molar refractivity (Wildman–Crippen MR) is 68.1 cm³/mol. The summed E-state index contributed by atoms with van der Waals surface area (Å²) in [7, 11) is 3.21. The molecule has 0 saturated heterocycles. The first-order valence-electron chi connectivity index (χ1n) is 6.08. The highest BCUT2D eigenvalue weighted by Crippen LogP contribution is 2.45. The summed E-state index contributed by atoms with van der Waals surface area (Å²) in [6.45, 7) is 5.76. The van der Waals surface area contributed by atoms with Crippen LogP contribution in [0, 0.1) is 13.8 Å². The van der Waals surface area contributed by atoms with Crippen LogP contribution >= 0.6 is 0 Å². The average Bonchev–Trinajstić information content (AvgIpc) is 2.37. The van der Waals surface area contributed by atoms with E-state index in [0.29, 0.717) is 11.5 Å². The number of methoxy groups -OCH3 is 2. The van der Waals surface area contributed by atoms with Crippen LogP contribution in [0.2, 0.25) is 0 Å². The van der Waals surface area contributed by atoms with Crippen LogP contribution in [-0.4, -0.2) is 25.4 Å². The number of phenols is 1. The molecule has 1 aliphatic rings. The van der Waals surface area contributed by atoms with Gasteiger partial charge in [0.25, 0.3) is 0 Å². The van der Waals surface area contributed by atoms with Gasteiger partial charge in [-0.05, 0) is 38.3 Å². The molecule has 0 radical (unpaired) electrons. The second-order valence-electron chi connectivity index (χ2n) is 4.74. The van der Waals surface area contributed by atoms with Crippen LogP contribution in [-0.2, 0) is 15.9 Å². The molecule has 0 saturated carbocycles. The summed E-state index contributed by atoms with van der Waals surface area (Å²) in [4.78, 5) is 0. The molecule has 0 spiro atoms. The van der Waals surface area contributed by atoms with Gasteiger partial charge in [0, 0.05) is 12.7 Å². The fraction of sp³-hybridized carbons (Fsp3) is 0.571. The van der Waals surface area contributed by atoms with Gasteiger partial charge >= 0.3 is 0 Å². The summed E-state index contributed by atoms with van der Waals surface area (Å²) < 4.78 is 16.6. The van der Waals surface area contributed by atoms with E-state index >= 15 is 0 Å². The molecule has 1 aromatic carbocycles. The molecule has 4 nitrogen and oxygen atoms in total. The van der Waals surface area contributed by atoms with Crippen molar-refractivity contribution in [2.45, 2.75) is 39.6 Å². The monoisotopic (exact) mass is 252 g/mol. The fourth-order valence-electron chi connectivity index (χ4n) is 2.64. The Morgan fingerprint density at radius 3 is 2.44 bits per heavy atom. The summed E-state index contributed by atoms with van der Waals surface area (Å²) in [6.07, 6.45) is 0.385. The largest absolute Gasteiger partial charge is 0.507 e. The molecule has 2 unspecified atom stereocenters. The van der Waals surface area contributed by atoms with Crippen molar-refractivity contribution in [3.63, 3.8) is 0 Å². The van der Waals surface area contributed by atoms with Crippen molar-refractivity contribution in [2.24, 2.45) is 0 Å². The van der Waals surface area contributed by atoms with Crippen molar-refractivity contribution in [3.05, 3.63) is 22.3 Å². The van der Waals surface area contributed by atoms with E-state index in [0.717, 1.165) is 28.7 Å². The van der Waals surface area contributed by atoms with Gasteiger partial charge in [-0.3, -0.25) is 0 Å². The third kappa shape index (κ3) is 1.85. The van der Waals surface area contributed by atoms with E-state index in [2.05, 4.69) is 0 Å². The highest BCUT2D eigenvalue weighted by molar-refractivity contribution is 5.59. The molecule has 0 bridgehead atoms. The van der Waals surface area contributed by atoms with Crippen molar-refractivity contribution < 1.29 is 19.3 Å². The Morgan fingerprint density at radius 2 is 1.89 bits per heavy atom. The quantitative estimate of drug-likeness (QED) is 0.879. The number of phenolic OH excluding ortho intramolecular Hbond substituents is 1. The molecule has 1 heterocycles. The summed E-state index contributed by atoms with van der Waals surface area (Å²) in [6, 6.07) is 0. The maximum atomic E-state index is 10.2. The number of benzene rings is 1. The van der Waals surface area contributed by atoms with Crippen LogP contribution in [0.4, 0.5) is 0 Å². The lowest BCUT2D eigenvalue weighted by molar-refractivity contribution is -0.164. The van der Waals surface area contributed by atoms with E-state index in [4.69, 9.17) is 14.2 Å². The fourth-order valence-corrected chi connectivity index (χ4v) is 2.64. The zero-order valence-corrected chi connectivity index (χ0v) is 11.5. The van der Waals surface area contributed by atoms with Gasteiger partial charge in [0.15, 0.2) is 6.29 Å². The molecule has 4 heteroatoms. The minimum Gasteiger partial charge on any atom is -0.507 e. The smallest absolute Gasteiger partial charge is 0.187 e. The number of rotatable bonds is 2. The lowest BCUT2D eigenvalue weighted by Gasteiger charge is -2.32. The van der Waals surface area contributed by atoms with E-state index in [1.807, 2.05) is 20.8 Å². The first-order chi connectivity index (χ1) is 8.51. The standard InChI is InChI=1S/C14H20O4/c1-7-6-10-8(2)12(15)9(3)13(16-4)11(10)14(17-5)18-7/h7,14-15H,6H2,1-5H3. The lowest BCUT2D eigenvalue weighted by Crippen LogP contribution is -2.26. The van der Waals surface area contributed by atoms with Gasteiger partial charge in [-0.2, -0.15) is 0 Å². The molecule has 1 aromatic rings. The zero-order valence-electron chi connectivity index (χ0n) is 11.5. The summed E-state index contributed by atoms with van der Waals surface area (Å²) >= 11 is 0. The SMILES string of the molecule is COc1c(C)c(O)c(C)c2c1C(OC)OC(C)C2. The number of fused-ring (bicyclic) bond motifs is 1. The van der Waals surface area contributed by atoms with E-state index < -0.39 is 6.29 Å². The Bertz CT molecular complexity index is 468. The molecule has 2 rings (SSSR count). The molecule has 1 N–H and O–H groups in total. The second-order valence-corrected chi connectivity index (χ2v) is 4.74. The minimum absolute atomic E-state index is 0.0629. The molecule has 100 valence electrons. The summed E-state index contributed by atoms with van der Waals surface area (Å²) in [5.41, 5.74) is 3.60. The van der Waals surface area contributed by atoms with Gasteiger partial charge in [0.05, 0.1) is 18.8 Å². The molecular weight excluding hydrogens is 232 g/mol. The lowest BCUT2D eigenvalue weighted by atomic mass is 9.90. The van der Waals surface area contributed by atoms with Crippen LogP contribution < -0.4 is 4.74 Å². The summed E-state index contributed by atoms with van der Waals surface area (Å²) in [5, 5.41) is 10.2. The van der Waals surface area contributed by atoms with Gasteiger partial charge in [-0.25, -0.2) is 0 Å². The van der Waals surface area contributed by atoms with E-state index in [-0.39, 0.29) is 6.10 Å². The highest BCUT2D eigenvalue weighted by Gasteiger charge is 2.32. The predicted octanol–water partition coefficient (Wildman–Crippen LogP) is 2.62. The van der Waals surface area contributed by atoms with Crippen molar-refractivity contribution in [2.75, 3.05) is 14.2 Å². The molecular formula is C14H20O4. The average molecular weight is 252 g/mol. The van der Waals surface area contributed by atoms with Crippen LogP contribution in [0.15, 0.2) is 0 Å². The molecule has 0 aliphatic carbocycles. The Balaban J connectivity index is 2.72. The molecule has 1 aliphatic heterocycles. The Kier molecular flexibility index (Phi) is 3.50. The number of aromatic hydroxyl groups is 1. The van der Waals surface area contributed by atoms with Gasteiger partial charge in [-0.1, -0.05) is 0 Å². The number of ether oxygens (including phenoxy) is 3. The van der Waals surface area contributed by atoms with Gasteiger partial charge in [-0.15, -0.1) is 0 Å². The Morgan fingerprint density at radius 1 is 1.22 bits per heavy atom. The van der Waals surface area contributed by atoms with E-state index in [1.165, 1.54) is 0 Å². The minimum atomic E-state index is -0.434. The van der Waals surface area contributed by atoms with Crippen molar-refractivity contribution in [3.8, 4) is 11.5 Å². The maximum Gasteiger partial charge on any atom is 0.187 e. The third-order valence-electron chi connectivity index (χ3n) is 3.57. The molecule has 0 aromatic heterocycles. The molecule has 0 fully saturated rings. The molecule has 0 amide bonds. The van der Waals surface area contributed by atoms with Crippen molar-refractivity contribution in [1.29, 1.82) is 0 Å². The van der Waals surface area contributed by atoms with E-state index in [9.17, 15) is 5.11 Å². The first kappa shape index (κ1) is 13.2. The number of hydrogen-bond acceptors (Lipinski definition) is 4. The van der Waals surface area contributed by atoms with Gasteiger partial charge < -0.3 is 19.3 Å². The van der Waals surface area contributed by atoms with Crippen LogP contribution in [0.3, 0.4) is 0 Å². The van der Waals surface area contributed by atoms with Crippen molar-refractivity contribution >= 4 is 0 Å². The second kappa shape index (κ2) is 4.78. The van der Waals surface area contributed by atoms with Gasteiger partial charge in [0.2, 0.25) is 0 Å². The molecule has 2 atom stereocenters. The first-order valence-corrected chi connectivity index (χ1v) is 6.08. The normalized spacial score (nSPS) is 22.7. The third-order valence-corrected chi connectivity index (χ3v) is 3.57. The van der Waals surface area contributed by atoms with Crippen LogP contribution in [0.25, 0.3) is 0 Å². The van der Waals surface area contributed by atoms with Crippen molar-refractivity contribution in [1.82, 2.24) is 0 Å².